The van der Waals surface area contributed by atoms with Gasteiger partial charge in [-0.15, -0.1) is 0 Å². The molecule has 0 heterocycles. The highest BCUT2D eigenvalue weighted by Gasteiger charge is 2.29. The molecule has 0 N–H and O–H groups in total. The number of carbonyl (C=O) groups is 2. The Bertz CT molecular complexity index is 1850. The highest BCUT2D eigenvalue weighted by atomic mass is 31.1. The standard InChI is InChI=1S/C19H18O2.C18H15P.C7H7OP/c1-2-3-4-7-13-10-11-16-17(12-13)19(21)15-9-6-5-8-14(15)18(16)20;1-4-10-16(11-5-1)19(17-12-6-2-7-13-17)18-14-8-3-9-15-18;8-9-6-7-4-2-1-3-5-7/h5-6,8-12H,2-4,7H2,1H3;1-15H;1-5H,6H2. The third-order valence-corrected chi connectivity index (χ3v) is 11.1. The SMILES string of the molecule is CCCCCc1ccc2c(c1)C(=O)c1ccccc1C2=O.O=PCc1ccccc1.c1ccc(P(c2ccccc2)c2ccccc2)cc1. The number of ketones is 2. The minimum atomic E-state index is -0.446. The predicted molar refractivity (Wildman–Crippen MR) is 206 cm³/mol. The summed E-state index contributed by atoms with van der Waals surface area (Å²) in [6, 6.07) is 54.9. The van der Waals surface area contributed by atoms with Gasteiger partial charge < -0.3 is 0 Å². The predicted octanol–water partition coefficient (Wildman–Crippen LogP) is 10.1. The fourth-order valence-corrected chi connectivity index (χ4v) is 8.38. The zero-order valence-corrected chi connectivity index (χ0v) is 29.5. The molecule has 0 saturated heterocycles. The Kier molecular flexibility index (Phi) is 13.5. The maximum absolute atomic E-state index is 12.6. The summed E-state index contributed by atoms with van der Waals surface area (Å²) in [4.78, 5) is 25.1. The molecule has 0 spiro atoms. The molecular weight excluding hydrogens is 638 g/mol. The monoisotopic (exact) mass is 678 g/mol. The van der Waals surface area contributed by atoms with Gasteiger partial charge in [-0.2, -0.15) is 0 Å². The van der Waals surface area contributed by atoms with Crippen molar-refractivity contribution >= 4 is 43.9 Å². The lowest BCUT2D eigenvalue weighted by atomic mass is 9.83. The summed E-state index contributed by atoms with van der Waals surface area (Å²) in [7, 11) is -0.251. The van der Waals surface area contributed by atoms with E-state index in [1.54, 1.807) is 24.3 Å². The van der Waals surface area contributed by atoms with E-state index in [-0.39, 0.29) is 20.0 Å². The van der Waals surface area contributed by atoms with Crippen molar-refractivity contribution < 1.29 is 14.2 Å². The molecule has 1 aliphatic carbocycles. The quantitative estimate of drug-likeness (QED) is 0.113. The first-order valence-corrected chi connectivity index (χ1v) is 19.0. The minimum absolute atomic E-state index is 0.0301. The molecule has 6 aromatic carbocycles. The van der Waals surface area contributed by atoms with Crippen LogP contribution in [0.25, 0.3) is 0 Å². The molecule has 0 unspecified atom stereocenters. The topological polar surface area (TPSA) is 51.2 Å². The Morgan fingerprint density at radius 2 is 0.898 bits per heavy atom. The number of fused-ring (bicyclic) bond motifs is 2. The van der Waals surface area contributed by atoms with Crippen LogP contribution in [-0.4, -0.2) is 11.6 Å². The van der Waals surface area contributed by atoms with E-state index < -0.39 is 7.92 Å². The van der Waals surface area contributed by atoms with Crippen LogP contribution in [0.4, 0.5) is 0 Å². The molecule has 0 radical (unpaired) electrons. The molecule has 244 valence electrons. The lowest BCUT2D eigenvalue weighted by Crippen LogP contribution is -2.20. The third kappa shape index (κ3) is 9.64. The summed E-state index contributed by atoms with van der Waals surface area (Å²) in [5.74, 6) is -0.0714. The van der Waals surface area contributed by atoms with Crippen LogP contribution in [0.15, 0.2) is 164 Å². The van der Waals surface area contributed by atoms with Gasteiger partial charge in [-0.25, -0.2) is 0 Å². The Labute approximate surface area is 293 Å². The molecule has 0 aromatic heterocycles. The lowest BCUT2D eigenvalue weighted by Gasteiger charge is -2.18. The van der Waals surface area contributed by atoms with Crippen LogP contribution in [0.3, 0.4) is 0 Å². The first-order chi connectivity index (χ1) is 24.1. The van der Waals surface area contributed by atoms with Crippen molar-refractivity contribution in [3.63, 3.8) is 0 Å². The zero-order valence-electron chi connectivity index (χ0n) is 27.7. The molecule has 0 atom stereocenters. The van der Waals surface area contributed by atoms with E-state index in [9.17, 15) is 14.2 Å². The van der Waals surface area contributed by atoms with E-state index >= 15 is 0 Å². The van der Waals surface area contributed by atoms with Gasteiger partial charge in [0.2, 0.25) is 0 Å². The summed E-state index contributed by atoms with van der Waals surface area (Å²) < 4.78 is 10.1. The van der Waals surface area contributed by atoms with Gasteiger partial charge >= 0.3 is 0 Å². The molecule has 0 fully saturated rings. The summed E-state index contributed by atoms with van der Waals surface area (Å²) in [5, 5.41) is 4.19. The van der Waals surface area contributed by atoms with E-state index in [2.05, 4.69) is 97.9 Å². The highest BCUT2D eigenvalue weighted by Crippen LogP contribution is 2.32. The third-order valence-electron chi connectivity index (χ3n) is 8.19. The molecule has 0 saturated carbocycles. The number of hydrogen-bond acceptors (Lipinski definition) is 3. The van der Waals surface area contributed by atoms with E-state index in [4.69, 9.17) is 0 Å². The van der Waals surface area contributed by atoms with E-state index in [1.165, 1.54) is 28.8 Å². The summed E-state index contributed by atoms with van der Waals surface area (Å²) in [5.41, 5.74) is 4.41. The molecular formula is C44H40O3P2. The number of benzene rings is 6. The van der Waals surface area contributed by atoms with Crippen molar-refractivity contribution in [2.24, 2.45) is 0 Å². The van der Waals surface area contributed by atoms with Gasteiger partial charge in [0.1, 0.15) is 0 Å². The van der Waals surface area contributed by atoms with Gasteiger partial charge in [0.05, 0.1) is 6.16 Å². The van der Waals surface area contributed by atoms with E-state index in [0.717, 1.165) is 24.0 Å². The largest absolute Gasteiger partial charge is 0.289 e. The van der Waals surface area contributed by atoms with Crippen molar-refractivity contribution in [3.05, 3.63) is 197 Å². The van der Waals surface area contributed by atoms with Gasteiger partial charge in [0, 0.05) is 22.3 Å². The normalized spacial score (nSPS) is 11.5. The zero-order chi connectivity index (χ0) is 34.3. The number of carbonyl (C=O) groups excluding carboxylic acids is 2. The van der Waals surface area contributed by atoms with Crippen LogP contribution in [0.5, 0.6) is 0 Å². The van der Waals surface area contributed by atoms with Gasteiger partial charge in [-0.05, 0) is 53.9 Å². The molecule has 0 aliphatic heterocycles. The average molecular weight is 679 g/mol. The number of aryl methyl sites for hydroxylation is 1. The molecule has 6 aromatic rings. The molecule has 1 aliphatic rings. The van der Waals surface area contributed by atoms with Crippen molar-refractivity contribution in [2.45, 2.75) is 38.8 Å². The van der Waals surface area contributed by atoms with Crippen LogP contribution in [0, 0.1) is 0 Å². The van der Waals surface area contributed by atoms with Crippen LogP contribution >= 0.6 is 16.4 Å². The van der Waals surface area contributed by atoms with Crippen molar-refractivity contribution in [1.82, 2.24) is 0 Å². The maximum atomic E-state index is 12.6. The minimum Gasteiger partial charge on any atom is -0.289 e. The molecule has 49 heavy (non-hydrogen) atoms. The van der Waals surface area contributed by atoms with Gasteiger partial charge in [0.25, 0.3) is 0 Å². The number of unbranched alkanes of at least 4 members (excludes halogenated alkanes) is 2. The van der Waals surface area contributed by atoms with Crippen molar-refractivity contribution in [1.29, 1.82) is 0 Å². The van der Waals surface area contributed by atoms with Crippen LogP contribution in [-0.2, 0) is 17.1 Å². The Balaban J connectivity index is 0.000000154. The lowest BCUT2D eigenvalue weighted by molar-refractivity contribution is 0.0979. The van der Waals surface area contributed by atoms with Crippen molar-refractivity contribution in [3.8, 4) is 0 Å². The van der Waals surface area contributed by atoms with Crippen LogP contribution in [0.1, 0.15) is 69.2 Å². The summed E-state index contributed by atoms with van der Waals surface area (Å²) in [6.07, 6.45) is 5.07. The van der Waals surface area contributed by atoms with E-state index in [1.807, 2.05) is 48.5 Å². The fourth-order valence-electron chi connectivity index (χ4n) is 5.72. The average Bonchev–Trinajstić information content (AvgIpc) is 3.16. The number of rotatable bonds is 9. The van der Waals surface area contributed by atoms with Crippen molar-refractivity contribution in [2.75, 3.05) is 0 Å². The summed E-state index contributed by atoms with van der Waals surface area (Å²) in [6.45, 7) is 2.17. The maximum Gasteiger partial charge on any atom is 0.194 e. The number of hydrogen-bond donors (Lipinski definition) is 0. The first kappa shape index (κ1) is 35.5. The molecule has 0 bridgehead atoms. The molecule has 3 nitrogen and oxygen atoms in total. The van der Waals surface area contributed by atoms with Gasteiger partial charge in [-0.1, -0.05) is 177 Å². The Hall–Kier alpha value is -4.81. The molecule has 7 rings (SSSR count). The van der Waals surface area contributed by atoms with Crippen LogP contribution < -0.4 is 15.9 Å². The summed E-state index contributed by atoms with van der Waals surface area (Å²) >= 11 is 0. The fraction of sp³-hybridized carbons (Fsp3) is 0.136. The second-order valence-electron chi connectivity index (χ2n) is 11.7. The smallest absolute Gasteiger partial charge is 0.194 e. The second kappa shape index (κ2) is 18.7. The van der Waals surface area contributed by atoms with Gasteiger partial charge in [0.15, 0.2) is 20.0 Å². The van der Waals surface area contributed by atoms with Gasteiger partial charge in [-0.3, -0.25) is 14.2 Å². The Morgan fingerprint density at radius 1 is 0.469 bits per heavy atom. The Morgan fingerprint density at radius 3 is 1.37 bits per heavy atom. The molecule has 0 amide bonds. The molecule has 5 heteroatoms. The van der Waals surface area contributed by atoms with E-state index in [0.29, 0.717) is 28.4 Å². The van der Waals surface area contributed by atoms with Crippen LogP contribution in [0.2, 0.25) is 0 Å². The highest BCUT2D eigenvalue weighted by molar-refractivity contribution is 7.79. The first-order valence-electron chi connectivity index (χ1n) is 16.7. The second-order valence-corrected chi connectivity index (χ2v) is 14.5.